The van der Waals surface area contributed by atoms with Gasteiger partial charge in [-0.25, -0.2) is 0 Å². The maximum Gasteiger partial charge on any atom is 0.119 e. The van der Waals surface area contributed by atoms with Crippen molar-refractivity contribution in [3.05, 3.63) is 28.8 Å². The molecule has 0 saturated carbocycles. The van der Waals surface area contributed by atoms with Crippen LogP contribution in [0.5, 0.6) is 5.75 Å². The molecule has 0 heterocycles. The molecule has 0 atom stereocenters. The average molecular weight is 257 g/mol. The van der Waals surface area contributed by atoms with Crippen LogP contribution in [0.15, 0.2) is 18.2 Å². The molecule has 0 aliphatic rings. The Kier molecular flexibility index (Phi) is 7.06. The van der Waals surface area contributed by atoms with E-state index in [1.807, 2.05) is 25.1 Å². The number of halogens is 1. The van der Waals surface area contributed by atoms with Crippen LogP contribution < -0.4 is 10.1 Å². The average Bonchev–Trinajstić information content (AvgIpc) is 2.32. The molecule has 0 aliphatic carbocycles. The molecule has 1 aromatic rings. The van der Waals surface area contributed by atoms with Crippen LogP contribution >= 0.6 is 11.6 Å². The first-order chi connectivity index (χ1) is 8.24. The Morgan fingerprint density at radius 3 is 2.71 bits per heavy atom. The van der Waals surface area contributed by atoms with E-state index in [0.29, 0.717) is 0 Å². The van der Waals surface area contributed by atoms with Crippen molar-refractivity contribution in [3.8, 4) is 5.75 Å². The summed E-state index contributed by atoms with van der Waals surface area (Å²) in [5.74, 6) is 0.917. The zero-order valence-electron chi connectivity index (χ0n) is 10.8. The molecular formula is C14H23ClNO+. The lowest BCUT2D eigenvalue weighted by molar-refractivity contribution is -0.655. The van der Waals surface area contributed by atoms with E-state index in [1.165, 1.54) is 19.4 Å². The van der Waals surface area contributed by atoms with Gasteiger partial charge in [0, 0.05) is 11.4 Å². The van der Waals surface area contributed by atoms with Crippen molar-refractivity contribution in [2.75, 3.05) is 19.7 Å². The predicted molar refractivity (Wildman–Crippen MR) is 72.9 cm³/mol. The summed E-state index contributed by atoms with van der Waals surface area (Å²) in [4.78, 5) is 0. The van der Waals surface area contributed by atoms with Gasteiger partial charge < -0.3 is 10.1 Å². The Labute approximate surface area is 109 Å². The standard InChI is InChI=1S/C14H22ClNO/c1-3-4-8-16-9-5-10-17-13-6-7-14(15)12(2)11-13/h6-7,11,16H,3-5,8-10H2,1-2H3/p+1. The zero-order valence-corrected chi connectivity index (χ0v) is 11.6. The minimum absolute atomic E-state index is 0.781. The number of rotatable bonds is 8. The number of unbranched alkanes of at least 4 members (excludes halogenated alkanes) is 1. The zero-order chi connectivity index (χ0) is 12.5. The van der Waals surface area contributed by atoms with Gasteiger partial charge in [-0.2, -0.15) is 0 Å². The monoisotopic (exact) mass is 256 g/mol. The Morgan fingerprint density at radius 1 is 1.24 bits per heavy atom. The lowest BCUT2D eigenvalue weighted by atomic mass is 10.2. The minimum Gasteiger partial charge on any atom is -0.493 e. The fraction of sp³-hybridized carbons (Fsp3) is 0.571. The molecule has 2 nitrogen and oxygen atoms in total. The highest BCUT2D eigenvalue weighted by atomic mass is 35.5. The first-order valence-electron chi connectivity index (χ1n) is 6.44. The molecule has 17 heavy (non-hydrogen) atoms. The van der Waals surface area contributed by atoms with Crippen LogP contribution in [0.1, 0.15) is 31.7 Å². The van der Waals surface area contributed by atoms with Crippen LogP contribution in [0.2, 0.25) is 5.02 Å². The second kappa shape index (κ2) is 8.37. The van der Waals surface area contributed by atoms with E-state index in [-0.39, 0.29) is 0 Å². The molecule has 0 fully saturated rings. The number of benzene rings is 1. The highest BCUT2D eigenvalue weighted by Gasteiger charge is 1.98. The summed E-state index contributed by atoms with van der Waals surface area (Å²) in [7, 11) is 0. The fourth-order valence-corrected chi connectivity index (χ4v) is 1.74. The van der Waals surface area contributed by atoms with Gasteiger partial charge in [-0.3, -0.25) is 0 Å². The quantitative estimate of drug-likeness (QED) is 0.711. The number of quaternary nitrogens is 1. The number of aryl methyl sites for hydroxylation is 1. The van der Waals surface area contributed by atoms with E-state index in [9.17, 15) is 0 Å². The van der Waals surface area contributed by atoms with E-state index in [4.69, 9.17) is 16.3 Å². The largest absolute Gasteiger partial charge is 0.493 e. The van der Waals surface area contributed by atoms with Crippen molar-refractivity contribution in [2.45, 2.75) is 33.1 Å². The van der Waals surface area contributed by atoms with Crippen LogP contribution in [0.25, 0.3) is 0 Å². The van der Waals surface area contributed by atoms with Gasteiger partial charge in [0.25, 0.3) is 0 Å². The fourth-order valence-electron chi connectivity index (χ4n) is 1.62. The Bertz CT molecular complexity index is 328. The molecule has 1 rings (SSSR count). The summed E-state index contributed by atoms with van der Waals surface area (Å²) in [6.07, 6.45) is 3.67. The lowest BCUT2D eigenvalue weighted by Gasteiger charge is -2.07. The van der Waals surface area contributed by atoms with Gasteiger partial charge in [-0.05, 0) is 37.1 Å². The van der Waals surface area contributed by atoms with Crippen molar-refractivity contribution in [3.63, 3.8) is 0 Å². The van der Waals surface area contributed by atoms with E-state index in [0.717, 1.165) is 35.9 Å². The van der Waals surface area contributed by atoms with Gasteiger partial charge in [0.2, 0.25) is 0 Å². The van der Waals surface area contributed by atoms with E-state index in [1.54, 1.807) is 0 Å². The van der Waals surface area contributed by atoms with E-state index >= 15 is 0 Å². The molecule has 0 radical (unpaired) electrons. The number of ether oxygens (including phenoxy) is 1. The molecule has 0 unspecified atom stereocenters. The van der Waals surface area contributed by atoms with Crippen molar-refractivity contribution < 1.29 is 10.1 Å². The predicted octanol–water partition coefficient (Wildman–Crippen LogP) is 2.78. The second-order valence-corrected chi connectivity index (χ2v) is 4.74. The highest BCUT2D eigenvalue weighted by molar-refractivity contribution is 6.31. The van der Waals surface area contributed by atoms with Gasteiger partial charge in [-0.1, -0.05) is 24.9 Å². The van der Waals surface area contributed by atoms with E-state index in [2.05, 4.69) is 12.2 Å². The van der Waals surface area contributed by atoms with Crippen LogP contribution in [0, 0.1) is 6.92 Å². The van der Waals surface area contributed by atoms with Crippen LogP contribution in [0.4, 0.5) is 0 Å². The summed E-state index contributed by atoms with van der Waals surface area (Å²) >= 11 is 5.95. The molecule has 0 aliphatic heterocycles. The smallest absolute Gasteiger partial charge is 0.119 e. The highest BCUT2D eigenvalue weighted by Crippen LogP contribution is 2.20. The van der Waals surface area contributed by atoms with Crippen molar-refractivity contribution in [1.29, 1.82) is 0 Å². The Hall–Kier alpha value is -0.730. The topological polar surface area (TPSA) is 25.8 Å². The van der Waals surface area contributed by atoms with Crippen molar-refractivity contribution in [1.82, 2.24) is 0 Å². The molecule has 0 spiro atoms. The lowest BCUT2D eigenvalue weighted by Crippen LogP contribution is -2.84. The van der Waals surface area contributed by atoms with Gasteiger partial charge in [0.15, 0.2) is 0 Å². The molecule has 1 aromatic carbocycles. The van der Waals surface area contributed by atoms with Gasteiger partial charge >= 0.3 is 0 Å². The molecule has 2 N–H and O–H groups in total. The first-order valence-corrected chi connectivity index (χ1v) is 6.82. The summed E-state index contributed by atoms with van der Waals surface area (Å²) < 4.78 is 5.67. The SMILES string of the molecule is CCCC[NH2+]CCCOc1ccc(Cl)c(C)c1. The Balaban J connectivity index is 2.11. The molecule has 3 heteroatoms. The summed E-state index contributed by atoms with van der Waals surface area (Å²) in [6.45, 7) is 7.38. The minimum atomic E-state index is 0.781. The van der Waals surface area contributed by atoms with Crippen LogP contribution in [-0.2, 0) is 0 Å². The summed E-state index contributed by atoms with van der Waals surface area (Å²) in [5, 5.41) is 3.16. The Morgan fingerprint density at radius 2 is 2.00 bits per heavy atom. The van der Waals surface area contributed by atoms with Gasteiger partial charge in [-0.15, -0.1) is 0 Å². The molecule has 0 saturated heterocycles. The maximum atomic E-state index is 5.95. The van der Waals surface area contributed by atoms with Crippen LogP contribution in [-0.4, -0.2) is 19.7 Å². The summed E-state index contributed by atoms with van der Waals surface area (Å²) in [6, 6.07) is 5.80. The van der Waals surface area contributed by atoms with Crippen LogP contribution in [0.3, 0.4) is 0 Å². The molecule has 0 amide bonds. The van der Waals surface area contributed by atoms with E-state index < -0.39 is 0 Å². The normalized spacial score (nSPS) is 10.5. The molecule has 96 valence electrons. The maximum absolute atomic E-state index is 5.95. The first kappa shape index (κ1) is 14.3. The van der Waals surface area contributed by atoms with Crippen molar-refractivity contribution >= 4 is 11.6 Å². The second-order valence-electron chi connectivity index (χ2n) is 4.33. The third-order valence-corrected chi connectivity index (χ3v) is 3.14. The third-order valence-electron chi connectivity index (χ3n) is 2.71. The number of hydrogen-bond donors (Lipinski definition) is 1. The summed E-state index contributed by atoms with van der Waals surface area (Å²) in [5.41, 5.74) is 1.07. The van der Waals surface area contributed by atoms with Gasteiger partial charge in [0.1, 0.15) is 5.75 Å². The van der Waals surface area contributed by atoms with Gasteiger partial charge in [0.05, 0.1) is 19.7 Å². The molecular weight excluding hydrogens is 234 g/mol. The molecule has 0 aromatic heterocycles. The number of nitrogens with two attached hydrogens (primary N) is 1. The third kappa shape index (κ3) is 5.94. The molecule has 0 bridgehead atoms. The van der Waals surface area contributed by atoms with Crippen molar-refractivity contribution in [2.24, 2.45) is 0 Å². The number of hydrogen-bond acceptors (Lipinski definition) is 1.